The van der Waals surface area contributed by atoms with Crippen LogP contribution in [0.25, 0.3) is 5.82 Å². The number of amides is 2. The van der Waals surface area contributed by atoms with Gasteiger partial charge in [0.1, 0.15) is 12.1 Å². The first-order chi connectivity index (χ1) is 11.2. The molecule has 2 aromatic rings. The monoisotopic (exact) mass is 313 g/mol. The van der Waals surface area contributed by atoms with Crippen LogP contribution in [0.15, 0.2) is 37.1 Å². The minimum absolute atomic E-state index is 0.0126. The van der Waals surface area contributed by atoms with Gasteiger partial charge in [0, 0.05) is 31.7 Å². The molecule has 1 aliphatic carbocycles. The van der Waals surface area contributed by atoms with E-state index in [4.69, 9.17) is 0 Å². The van der Waals surface area contributed by atoms with E-state index in [0.29, 0.717) is 11.4 Å². The molecular weight excluding hydrogens is 294 g/mol. The highest BCUT2D eigenvalue weighted by molar-refractivity contribution is 5.94. The van der Waals surface area contributed by atoms with Crippen LogP contribution in [-0.4, -0.2) is 39.4 Å². The predicted octanol–water partition coefficient (Wildman–Crippen LogP) is 0.912. The minimum atomic E-state index is -0.199. The van der Waals surface area contributed by atoms with Gasteiger partial charge in [-0.05, 0) is 25.0 Å². The van der Waals surface area contributed by atoms with Gasteiger partial charge in [0.25, 0.3) is 5.91 Å². The molecule has 0 radical (unpaired) electrons. The molecule has 120 valence electrons. The first kappa shape index (κ1) is 15.2. The van der Waals surface area contributed by atoms with Gasteiger partial charge in [0.05, 0.1) is 11.5 Å². The van der Waals surface area contributed by atoms with Crippen LogP contribution >= 0.6 is 0 Å². The molecule has 2 atom stereocenters. The Morgan fingerprint density at radius 1 is 1.30 bits per heavy atom. The van der Waals surface area contributed by atoms with E-state index in [0.717, 1.165) is 19.3 Å². The molecule has 0 spiro atoms. The summed E-state index contributed by atoms with van der Waals surface area (Å²) < 4.78 is 1.76. The average molecular weight is 313 g/mol. The summed E-state index contributed by atoms with van der Waals surface area (Å²) in [6, 6.07) is 3.37. The molecule has 1 fully saturated rings. The molecular formula is C16H19N5O2. The topological polar surface area (TPSA) is 88.9 Å². The zero-order chi connectivity index (χ0) is 16.2. The Morgan fingerprint density at radius 3 is 2.83 bits per heavy atom. The highest BCUT2D eigenvalue weighted by Crippen LogP contribution is 2.26. The fraction of sp³-hybridized carbons (Fsp3) is 0.375. The first-order valence-corrected chi connectivity index (χ1v) is 7.66. The molecule has 23 heavy (non-hydrogen) atoms. The molecule has 2 amide bonds. The van der Waals surface area contributed by atoms with Gasteiger partial charge in [0.15, 0.2) is 0 Å². The van der Waals surface area contributed by atoms with Crippen molar-refractivity contribution in [1.29, 1.82) is 0 Å². The van der Waals surface area contributed by atoms with E-state index in [1.807, 2.05) is 0 Å². The van der Waals surface area contributed by atoms with Crippen LogP contribution in [0.2, 0.25) is 0 Å². The number of carbonyl (C=O) groups excluding carboxylic acids is 2. The van der Waals surface area contributed by atoms with Crippen LogP contribution in [0.4, 0.5) is 0 Å². The SMILES string of the molecule is CNC(=O)[C@H]1CCC[C@H]1NC(=O)c1ccc(-n2ccnc2)nc1. The third-order valence-corrected chi connectivity index (χ3v) is 4.19. The Bertz CT molecular complexity index is 681. The highest BCUT2D eigenvalue weighted by atomic mass is 16.2. The number of nitrogens with one attached hydrogen (secondary N) is 2. The quantitative estimate of drug-likeness (QED) is 0.878. The van der Waals surface area contributed by atoms with Gasteiger partial charge in [-0.3, -0.25) is 14.2 Å². The van der Waals surface area contributed by atoms with Gasteiger partial charge >= 0.3 is 0 Å². The van der Waals surface area contributed by atoms with Crippen molar-refractivity contribution < 1.29 is 9.59 Å². The summed E-state index contributed by atoms with van der Waals surface area (Å²) in [4.78, 5) is 32.4. The molecule has 7 heteroatoms. The lowest BCUT2D eigenvalue weighted by Crippen LogP contribution is -2.43. The molecule has 2 N–H and O–H groups in total. The standard InChI is InChI=1S/C16H19N5O2/c1-17-16(23)12-3-2-4-13(12)20-15(22)11-5-6-14(19-9-11)21-8-7-18-10-21/h5-10,12-13H,2-4H2,1H3,(H,17,23)(H,20,22)/t12-,13+/m0/s1. The van der Waals surface area contributed by atoms with Crippen molar-refractivity contribution in [2.45, 2.75) is 25.3 Å². The maximum atomic E-state index is 12.4. The fourth-order valence-corrected chi connectivity index (χ4v) is 2.95. The smallest absolute Gasteiger partial charge is 0.253 e. The Morgan fingerprint density at radius 2 is 2.17 bits per heavy atom. The van der Waals surface area contributed by atoms with Crippen LogP contribution in [0, 0.1) is 5.92 Å². The van der Waals surface area contributed by atoms with E-state index in [2.05, 4.69) is 20.6 Å². The lowest BCUT2D eigenvalue weighted by molar-refractivity contribution is -0.124. The van der Waals surface area contributed by atoms with Gasteiger partial charge in [-0.2, -0.15) is 0 Å². The van der Waals surface area contributed by atoms with Gasteiger partial charge in [0.2, 0.25) is 5.91 Å². The molecule has 1 saturated carbocycles. The minimum Gasteiger partial charge on any atom is -0.359 e. The Hall–Kier alpha value is -2.70. The molecule has 2 aromatic heterocycles. The summed E-state index contributed by atoms with van der Waals surface area (Å²) in [5.74, 6) is 0.335. The maximum Gasteiger partial charge on any atom is 0.253 e. The van der Waals surface area contributed by atoms with Crippen molar-refractivity contribution in [3.63, 3.8) is 0 Å². The second-order valence-corrected chi connectivity index (χ2v) is 5.61. The van der Waals surface area contributed by atoms with Crippen LogP contribution in [-0.2, 0) is 4.79 Å². The Labute approximate surface area is 134 Å². The van der Waals surface area contributed by atoms with Gasteiger partial charge in [-0.25, -0.2) is 9.97 Å². The number of aromatic nitrogens is 3. The Balaban J connectivity index is 1.67. The summed E-state index contributed by atoms with van der Waals surface area (Å²) >= 11 is 0. The molecule has 0 saturated heterocycles. The van der Waals surface area contributed by atoms with Crippen molar-refractivity contribution in [3.05, 3.63) is 42.6 Å². The van der Waals surface area contributed by atoms with Crippen molar-refractivity contribution in [1.82, 2.24) is 25.2 Å². The number of hydrogen-bond donors (Lipinski definition) is 2. The Kier molecular flexibility index (Phi) is 4.36. The first-order valence-electron chi connectivity index (χ1n) is 7.66. The van der Waals surface area contributed by atoms with Gasteiger partial charge in [-0.15, -0.1) is 0 Å². The van der Waals surface area contributed by atoms with Crippen LogP contribution < -0.4 is 10.6 Å². The summed E-state index contributed by atoms with van der Waals surface area (Å²) in [5.41, 5.74) is 0.483. The van der Waals surface area contributed by atoms with Crippen molar-refractivity contribution >= 4 is 11.8 Å². The zero-order valence-electron chi connectivity index (χ0n) is 12.9. The molecule has 7 nitrogen and oxygen atoms in total. The van der Waals surface area contributed by atoms with E-state index in [9.17, 15) is 9.59 Å². The molecule has 2 heterocycles. The summed E-state index contributed by atoms with van der Waals surface area (Å²) in [7, 11) is 1.62. The second kappa shape index (κ2) is 6.60. The van der Waals surface area contributed by atoms with E-state index >= 15 is 0 Å². The lowest BCUT2D eigenvalue weighted by Gasteiger charge is -2.19. The number of rotatable bonds is 4. The van der Waals surface area contributed by atoms with E-state index in [-0.39, 0.29) is 23.8 Å². The normalized spacial score (nSPS) is 20.2. The summed E-state index contributed by atoms with van der Waals surface area (Å²) in [6.45, 7) is 0. The van der Waals surface area contributed by atoms with Crippen molar-refractivity contribution in [2.75, 3.05) is 7.05 Å². The second-order valence-electron chi connectivity index (χ2n) is 5.61. The lowest BCUT2D eigenvalue weighted by atomic mass is 10.0. The van der Waals surface area contributed by atoms with Crippen LogP contribution in [0.5, 0.6) is 0 Å². The summed E-state index contributed by atoms with van der Waals surface area (Å²) in [6.07, 6.45) is 9.21. The van der Waals surface area contributed by atoms with Gasteiger partial charge < -0.3 is 10.6 Å². The molecule has 3 rings (SSSR count). The molecule has 0 bridgehead atoms. The van der Waals surface area contributed by atoms with Crippen LogP contribution in [0.1, 0.15) is 29.6 Å². The van der Waals surface area contributed by atoms with Crippen LogP contribution in [0.3, 0.4) is 0 Å². The fourth-order valence-electron chi connectivity index (χ4n) is 2.95. The highest BCUT2D eigenvalue weighted by Gasteiger charge is 2.33. The number of imidazole rings is 1. The molecule has 0 aliphatic heterocycles. The maximum absolute atomic E-state index is 12.4. The third-order valence-electron chi connectivity index (χ3n) is 4.19. The largest absolute Gasteiger partial charge is 0.359 e. The molecule has 0 aromatic carbocycles. The molecule has 0 unspecified atom stereocenters. The van der Waals surface area contributed by atoms with Gasteiger partial charge in [-0.1, -0.05) is 6.42 Å². The number of nitrogens with zero attached hydrogens (tertiary/aromatic N) is 3. The average Bonchev–Trinajstić information content (AvgIpc) is 3.26. The number of pyridine rings is 1. The summed E-state index contributed by atoms with van der Waals surface area (Å²) in [5, 5.41) is 5.62. The zero-order valence-corrected chi connectivity index (χ0v) is 12.9. The van der Waals surface area contributed by atoms with Crippen molar-refractivity contribution in [3.8, 4) is 5.82 Å². The van der Waals surface area contributed by atoms with E-state index < -0.39 is 0 Å². The number of hydrogen-bond acceptors (Lipinski definition) is 4. The number of carbonyl (C=O) groups is 2. The third kappa shape index (κ3) is 3.23. The predicted molar refractivity (Wildman–Crippen MR) is 84.0 cm³/mol. The van der Waals surface area contributed by atoms with Crippen molar-refractivity contribution in [2.24, 2.45) is 5.92 Å². The van der Waals surface area contributed by atoms with E-state index in [1.54, 1.807) is 42.5 Å². The van der Waals surface area contributed by atoms with E-state index in [1.165, 1.54) is 6.20 Å². The molecule has 1 aliphatic rings.